The molecule has 3 rings (SSSR count). The van der Waals surface area contributed by atoms with Crippen molar-refractivity contribution in [2.45, 2.75) is 18.2 Å². The van der Waals surface area contributed by atoms with Crippen LogP contribution in [0.3, 0.4) is 0 Å². The highest BCUT2D eigenvalue weighted by atomic mass is 32.2. The molecule has 25 heavy (non-hydrogen) atoms. The van der Waals surface area contributed by atoms with Gasteiger partial charge in [-0.05, 0) is 30.7 Å². The normalized spacial score (nSPS) is 16.5. The fourth-order valence-electron chi connectivity index (χ4n) is 2.84. The van der Waals surface area contributed by atoms with Crippen molar-refractivity contribution in [2.24, 2.45) is 0 Å². The van der Waals surface area contributed by atoms with Crippen LogP contribution in [0.4, 0.5) is 0 Å². The fraction of sp³-hybridized carbons (Fsp3) is 0.333. The van der Waals surface area contributed by atoms with Gasteiger partial charge in [-0.15, -0.1) is 0 Å². The maximum atomic E-state index is 12.8. The molecule has 1 amide bonds. The van der Waals surface area contributed by atoms with E-state index in [1.165, 1.54) is 4.31 Å². The number of hydrogen-bond donors (Lipinski definition) is 0. The van der Waals surface area contributed by atoms with Crippen LogP contribution in [0.25, 0.3) is 0 Å². The number of carbonyl (C=O) groups is 1. The summed E-state index contributed by atoms with van der Waals surface area (Å²) < 4.78 is 27.0. The number of aromatic nitrogens is 1. The van der Waals surface area contributed by atoms with Crippen LogP contribution in [0.2, 0.25) is 0 Å². The van der Waals surface area contributed by atoms with Gasteiger partial charge in [0.25, 0.3) is 5.91 Å². The van der Waals surface area contributed by atoms with E-state index in [0.717, 1.165) is 5.56 Å². The molecular weight excluding hydrogens is 338 g/mol. The Labute approximate surface area is 148 Å². The number of benzene rings is 1. The Morgan fingerprint density at radius 1 is 1.20 bits per heavy atom. The molecule has 1 aromatic heterocycles. The highest BCUT2D eigenvalue weighted by Gasteiger charge is 2.43. The van der Waals surface area contributed by atoms with Crippen LogP contribution in [0.5, 0.6) is 0 Å². The minimum Gasteiger partial charge on any atom is -0.336 e. The molecule has 6 nitrogen and oxygen atoms in total. The molecule has 0 N–H and O–H groups in total. The Kier molecular flexibility index (Phi) is 4.87. The minimum absolute atomic E-state index is 0.130. The molecule has 1 saturated heterocycles. The lowest BCUT2D eigenvalue weighted by molar-refractivity contribution is 0.0655. The quantitative estimate of drug-likeness (QED) is 0.818. The lowest BCUT2D eigenvalue weighted by Gasteiger charge is -2.41. The Bertz CT molecular complexity index is 834. The van der Waals surface area contributed by atoms with Gasteiger partial charge in [0.1, 0.15) is 5.25 Å². The first kappa shape index (κ1) is 17.6. The van der Waals surface area contributed by atoms with E-state index in [0.29, 0.717) is 5.56 Å². The number of sulfonamides is 1. The Morgan fingerprint density at radius 2 is 1.88 bits per heavy atom. The Balaban J connectivity index is 1.66. The molecule has 1 atom stereocenters. The second-order valence-corrected chi connectivity index (χ2v) is 8.49. The molecule has 0 saturated carbocycles. The lowest BCUT2D eigenvalue weighted by atomic mass is 10.1. The number of nitrogens with zero attached hydrogens (tertiary/aromatic N) is 3. The number of amides is 1. The summed E-state index contributed by atoms with van der Waals surface area (Å²) in [5.74, 6) is -0.130. The summed E-state index contributed by atoms with van der Waals surface area (Å²) in [6.07, 6.45) is 3.33. The molecule has 2 aromatic rings. The molecule has 0 radical (unpaired) electrons. The Morgan fingerprint density at radius 3 is 2.48 bits per heavy atom. The van der Waals surface area contributed by atoms with E-state index in [-0.39, 0.29) is 25.0 Å². The molecule has 7 heteroatoms. The summed E-state index contributed by atoms with van der Waals surface area (Å²) >= 11 is 0. The third-order valence-electron chi connectivity index (χ3n) is 4.69. The fourth-order valence-corrected chi connectivity index (χ4v) is 4.61. The van der Waals surface area contributed by atoms with E-state index >= 15 is 0 Å². The van der Waals surface area contributed by atoms with Crippen molar-refractivity contribution in [1.82, 2.24) is 14.2 Å². The zero-order chi connectivity index (χ0) is 18.0. The molecule has 132 valence electrons. The van der Waals surface area contributed by atoms with Crippen molar-refractivity contribution in [3.05, 3.63) is 66.0 Å². The third kappa shape index (κ3) is 3.43. The first-order chi connectivity index (χ1) is 11.9. The van der Waals surface area contributed by atoms with Gasteiger partial charge < -0.3 is 4.90 Å². The highest BCUT2D eigenvalue weighted by molar-refractivity contribution is 7.89. The predicted octanol–water partition coefficient (Wildman–Crippen LogP) is 1.93. The van der Waals surface area contributed by atoms with E-state index < -0.39 is 15.3 Å². The van der Waals surface area contributed by atoms with Crippen LogP contribution in [-0.4, -0.2) is 53.9 Å². The van der Waals surface area contributed by atoms with Gasteiger partial charge in [-0.3, -0.25) is 9.78 Å². The van der Waals surface area contributed by atoms with Crippen LogP contribution < -0.4 is 0 Å². The summed E-state index contributed by atoms with van der Waals surface area (Å²) in [5, 5.41) is -0.565. The van der Waals surface area contributed by atoms with Gasteiger partial charge in [0.15, 0.2) is 0 Å². The SMILES string of the molecule is CC(c1cccnc1)N(C)S(=O)(=O)C1CN(C(=O)c2ccccc2)C1. The largest absolute Gasteiger partial charge is 0.336 e. The standard InChI is InChI=1S/C18H21N3O3S/c1-14(16-9-6-10-19-11-16)20(2)25(23,24)17-12-21(13-17)18(22)15-7-4-3-5-8-15/h3-11,14,17H,12-13H2,1-2H3. The predicted molar refractivity (Wildman–Crippen MR) is 95.5 cm³/mol. The molecular formula is C18H21N3O3S. The second-order valence-electron chi connectivity index (χ2n) is 6.22. The highest BCUT2D eigenvalue weighted by Crippen LogP contribution is 2.27. The van der Waals surface area contributed by atoms with Gasteiger partial charge in [0.2, 0.25) is 10.0 Å². The topological polar surface area (TPSA) is 70.6 Å². The number of pyridine rings is 1. The third-order valence-corrected chi connectivity index (χ3v) is 6.95. The van der Waals surface area contributed by atoms with E-state index in [4.69, 9.17) is 0 Å². The van der Waals surface area contributed by atoms with Gasteiger partial charge in [0.05, 0.1) is 0 Å². The van der Waals surface area contributed by atoms with Crippen molar-refractivity contribution >= 4 is 15.9 Å². The van der Waals surface area contributed by atoms with Crippen molar-refractivity contribution in [2.75, 3.05) is 20.1 Å². The molecule has 2 heterocycles. The summed E-state index contributed by atoms with van der Waals surface area (Å²) in [7, 11) is -1.91. The summed E-state index contributed by atoms with van der Waals surface area (Å²) in [4.78, 5) is 17.9. The summed E-state index contributed by atoms with van der Waals surface area (Å²) in [5.41, 5.74) is 1.42. The molecule has 1 aromatic carbocycles. The smallest absolute Gasteiger partial charge is 0.253 e. The van der Waals surface area contributed by atoms with Crippen molar-refractivity contribution < 1.29 is 13.2 Å². The van der Waals surface area contributed by atoms with Gasteiger partial charge in [-0.25, -0.2) is 8.42 Å². The van der Waals surface area contributed by atoms with Gasteiger partial charge in [-0.2, -0.15) is 4.31 Å². The van der Waals surface area contributed by atoms with E-state index in [9.17, 15) is 13.2 Å². The van der Waals surface area contributed by atoms with Crippen LogP contribution in [0.15, 0.2) is 54.9 Å². The number of carbonyl (C=O) groups excluding carboxylic acids is 1. The van der Waals surface area contributed by atoms with Crippen LogP contribution in [0.1, 0.15) is 28.9 Å². The van der Waals surface area contributed by atoms with E-state index in [1.807, 2.05) is 19.1 Å². The first-order valence-electron chi connectivity index (χ1n) is 8.12. The molecule has 1 fully saturated rings. The first-order valence-corrected chi connectivity index (χ1v) is 9.62. The Hall–Kier alpha value is -2.25. The number of rotatable bonds is 5. The zero-order valence-corrected chi connectivity index (χ0v) is 15.1. The zero-order valence-electron chi connectivity index (χ0n) is 14.2. The lowest BCUT2D eigenvalue weighted by Crippen LogP contribution is -2.59. The van der Waals surface area contributed by atoms with Crippen molar-refractivity contribution in [3.8, 4) is 0 Å². The molecule has 1 aliphatic heterocycles. The number of likely N-dealkylation sites (tertiary alicyclic amines) is 1. The molecule has 1 aliphatic rings. The number of hydrogen-bond acceptors (Lipinski definition) is 4. The van der Waals surface area contributed by atoms with Crippen LogP contribution >= 0.6 is 0 Å². The van der Waals surface area contributed by atoms with Crippen molar-refractivity contribution in [1.29, 1.82) is 0 Å². The van der Waals surface area contributed by atoms with Gasteiger partial charge >= 0.3 is 0 Å². The van der Waals surface area contributed by atoms with Crippen LogP contribution in [-0.2, 0) is 10.0 Å². The van der Waals surface area contributed by atoms with Gasteiger partial charge in [0, 0.05) is 44.1 Å². The van der Waals surface area contributed by atoms with E-state index in [2.05, 4.69) is 4.98 Å². The summed E-state index contributed by atoms with van der Waals surface area (Å²) in [6.45, 7) is 2.28. The maximum Gasteiger partial charge on any atom is 0.253 e. The molecule has 1 unspecified atom stereocenters. The molecule has 0 spiro atoms. The average molecular weight is 359 g/mol. The minimum atomic E-state index is -3.49. The maximum absolute atomic E-state index is 12.8. The average Bonchev–Trinajstić information content (AvgIpc) is 2.60. The summed E-state index contributed by atoms with van der Waals surface area (Å²) in [6, 6.07) is 12.2. The van der Waals surface area contributed by atoms with E-state index in [1.54, 1.807) is 54.7 Å². The van der Waals surface area contributed by atoms with Gasteiger partial charge in [-0.1, -0.05) is 24.3 Å². The van der Waals surface area contributed by atoms with Crippen molar-refractivity contribution in [3.63, 3.8) is 0 Å². The molecule has 0 bridgehead atoms. The van der Waals surface area contributed by atoms with Crippen LogP contribution in [0, 0.1) is 0 Å². The monoisotopic (exact) mass is 359 g/mol. The molecule has 0 aliphatic carbocycles. The second kappa shape index (κ2) is 6.93.